The van der Waals surface area contributed by atoms with E-state index in [-0.39, 0.29) is 5.91 Å². The Morgan fingerprint density at radius 1 is 0.966 bits per heavy atom. The van der Waals surface area contributed by atoms with E-state index in [9.17, 15) is 4.79 Å². The molecule has 2 aromatic rings. The lowest BCUT2D eigenvalue weighted by Gasteiger charge is -2.35. The number of benzene rings is 2. The van der Waals surface area contributed by atoms with E-state index in [4.69, 9.17) is 16.3 Å². The summed E-state index contributed by atoms with van der Waals surface area (Å²) in [6, 6.07) is 15.6. The molecule has 2 fully saturated rings. The lowest BCUT2D eigenvalue weighted by Crippen LogP contribution is -2.44. The molecular formula is C23H26ClN3O2. The van der Waals surface area contributed by atoms with Crippen LogP contribution in [0, 0.1) is 0 Å². The molecule has 5 nitrogen and oxygen atoms in total. The van der Waals surface area contributed by atoms with Gasteiger partial charge in [-0.3, -0.25) is 4.79 Å². The SMILES string of the molecule is CN1CCN(c2ccccc2C=C2OCCCN(c3ccc(Cl)cc3)C2=O)CC1. The number of halogens is 1. The molecule has 29 heavy (non-hydrogen) atoms. The molecule has 2 heterocycles. The van der Waals surface area contributed by atoms with E-state index < -0.39 is 0 Å². The minimum absolute atomic E-state index is 0.113. The molecule has 0 spiro atoms. The average molecular weight is 412 g/mol. The molecule has 0 atom stereocenters. The van der Waals surface area contributed by atoms with Crippen LogP contribution in [0.3, 0.4) is 0 Å². The van der Waals surface area contributed by atoms with Crippen LogP contribution in [-0.2, 0) is 9.53 Å². The molecule has 4 rings (SSSR count). The zero-order valence-corrected chi connectivity index (χ0v) is 17.4. The van der Waals surface area contributed by atoms with Gasteiger partial charge in [0, 0.05) is 54.7 Å². The third-order valence-corrected chi connectivity index (χ3v) is 5.70. The van der Waals surface area contributed by atoms with Crippen LogP contribution in [0.2, 0.25) is 5.02 Å². The fraction of sp³-hybridized carbons (Fsp3) is 0.348. The van der Waals surface area contributed by atoms with E-state index in [2.05, 4.69) is 29.0 Å². The molecular weight excluding hydrogens is 386 g/mol. The number of amides is 1. The largest absolute Gasteiger partial charge is 0.488 e. The molecule has 6 heteroatoms. The molecule has 152 valence electrons. The van der Waals surface area contributed by atoms with Crippen LogP contribution in [0.25, 0.3) is 6.08 Å². The molecule has 2 aliphatic heterocycles. The molecule has 2 saturated heterocycles. The zero-order chi connectivity index (χ0) is 20.2. The number of nitrogens with zero attached hydrogens (tertiary/aromatic N) is 3. The number of carbonyl (C=O) groups excluding carboxylic acids is 1. The lowest BCUT2D eigenvalue weighted by atomic mass is 10.1. The standard InChI is InChI=1S/C23H26ClN3O2/c1-25-12-14-26(15-13-25)21-6-3-2-5-18(21)17-22-23(28)27(11-4-16-29-22)20-9-7-19(24)8-10-20/h2-3,5-10,17H,4,11-16H2,1H3. The number of ether oxygens (including phenoxy) is 1. The molecule has 0 N–H and O–H groups in total. The van der Waals surface area contributed by atoms with Crippen molar-refractivity contribution in [3.8, 4) is 0 Å². The first-order valence-electron chi connectivity index (χ1n) is 10.1. The van der Waals surface area contributed by atoms with Gasteiger partial charge < -0.3 is 19.4 Å². The van der Waals surface area contributed by atoms with Crippen LogP contribution in [0.15, 0.2) is 54.3 Å². The Bertz CT molecular complexity index is 889. The van der Waals surface area contributed by atoms with Crippen LogP contribution in [0.5, 0.6) is 0 Å². The molecule has 0 aromatic heterocycles. The fourth-order valence-corrected chi connectivity index (χ4v) is 3.88. The average Bonchev–Trinajstić information content (AvgIpc) is 2.92. The molecule has 0 saturated carbocycles. The van der Waals surface area contributed by atoms with Crippen LogP contribution in [0.1, 0.15) is 12.0 Å². The van der Waals surface area contributed by atoms with E-state index >= 15 is 0 Å². The highest BCUT2D eigenvalue weighted by Gasteiger charge is 2.25. The van der Waals surface area contributed by atoms with Gasteiger partial charge in [0.2, 0.25) is 0 Å². The first-order valence-corrected chi connectivity index (χ1v) is 10.4. The lowest BCUT2D eigenvalue weighted by molar-refractivity contribution is -0.117. The Kier molecular flexibility index (Phi) is 6.07. The van der Waals surface area contributed by atoms with E-state index in [0.717, 1.165) is 49.5 Å². The molecule has 0 bridgehead atoms. The van der Waals surface area contributed by atoms with Gasteiger partial charge in [0.25, 0.3) is 5.91 Å². The Morgan fingerprint density at radius 2 is 1.69 bits per heavy atom. The summed E-state index contributed by atoms with van der Waals surface area (Å²) in [5.41, 5.74) is 2.99. The van der Waals surface area contributed by atoms with Crippen molar-refractivity contribution < 1.29 is 9.53 Å². The number of likely N-dealkylation sites (N-methyl/N-ethyl adjacent to an activating group) is 1. The van der Waals surface area contributed by atoms with E-state index in [1.54, 1.807) is 4.90 Å². The third kappa shape index (κ3) is 4.57. The van der Waals surface area contributed by atoms with Gasteiger partial charge in [0.05, 0.1) is 6.61 Å². The summed E-state index contributed by atoms with van der Waals surface area (Å²) in [7, 11) is 2.15. The Labute approximate surface area is 177 Å². The van der Waals surface area contributed by atoms with Gasteiger partial charge in [0.1, 0.15) is 0 Å². The van der Waals surface area contributed by atoms with Crippen molar-refractivity contribution in [1.82, 2.24) is 4.90 Å². The molecule has 0 unspecified atom stereocenters. The summed E-state index contributed by atoms with van der Waals surface area (Å²) in [6.45, 7) is 5.16. The second kappa shape index (κ2) is 8.89. The van der Waals surface area contributed by atoms with Gasteiger partial charge >= 0.3 is 0 Å². The smallest absolute Gasteiger partial charge is 0.293 e. The summed E-state index contributed by atoms with van der Waals surface area (Å²) < 4.78 is 5.87. The second-order valence-electron chi connectivity index (χ2n) is 7.49. The minimum Gasteiger partial charge on any atom is -0.488 e. The number of rotatable bonds is 3. The van der Waals surface area contributed by atoms with Crippen LogP contribution in [0.4, 0.5) is 11.4 Å². The number of anilines is 2. The van der Waals surface area contributed by atoms with Crippen molar-refractivity contribution in [1.29, 1.82) is 0 Å². The maximum atomic E-state index is 13.2. The Hall–Kier alpha value is -2.50. The highest BCUT2D eigenvalue weighted by atomic mass is 35.5. The molecule has 0 aliphatic carbocycles. The second-order valence-corrected chi connectivity index (χ2v) is 7.93. The van der Waals surface area contributed by atoms with Gasteiger partial charge in [0.15, 0.2) is 5.76 Å². The summed E-state index contributed by atoms with van der Waals surface area (Å²) in [4.78, 5) is 19.7. The highest BCUT2D eigenvalue weighted by molar-refractivity contribution is 6.30. The van der Waals surface area contributed by atoms with Crippen molar-refractivity contribution >= 4 is 35.0 Å². The van der Waals surface area contributed by atoms with Gasteiger partial charge in [-0.25, -0.2) is 0 Å². The van der Waals surface area contributed by atoms with Crippen LogP contribution in [-0.4, -0.2) is 57.2 Å². The molecule has 1 amide bonds. The molecule has 2 aromatic carbocycles. The van der Waals surface area contributed by atoms with Gasteiger partial charge in [-0.2, -0.15) is 0 Å². The van der Waals surface area contributed by atoms with Crippen LogP contribution < -0.4 is 9.80 Å². The predicted octanol–water partition coefficient (Wildman–Crippen LogP) is 3.89. The quantitative estimate of drug-likeness (QED) is 0.718. The topological polar surface area (TPSA) is 36.0 Å². The summed E-state index contributed by atoms with van der Waals surface area (Å²) in [6.07, 6.45) is 2.68. The molecule has 2 aliphatic rings. The first kappa shape index (κ1) is 19.8. The molecule has 0 radical (unpaired) electrons. The Morgan fingerprint density at radius 3 is 2.45 bits per heavy atom. The Balaban J connectivity index is 1.63. The summed E-state index contributed by atoms with van der Waals surface area (Å²) in [5, 5.41) is 0.657. The highest BCUT2D eigenvalue weighted by Crippen LogP contribution is 2.27. The van der Waals surface area contributed by atoms with Gasteiger partial charge in [-0.15, -0.1) is 0 Å². The maximum Gasteiger partial charge on any atom is 0.293 e. The van der Waals surface area contributed by atoms with Crippen molar-refractivity contribution in [3.63, 3.8) is 0 Å². The van der Waals surface area contributed by atoms with Gasteiger partial charge in [-0.05, 0) is 49.9 Å². The van der Waals surface area contributed by atoms with E-state index in [1.807, 2.05) is 42.5 Å². The van der Waals surface area contributed by atoms with Crippen molar-refractivity contribution in [2.24, 2.45) is 0 Å². The fourth-order valence-electron chi connectivity index (χ4n) is 3.76. The number of hydrogen-bond donors (Lipinski definition) is 0. The summed E-state index contributed by atoms with van der Waals surface area (Å²) >= 11 is 6.01. The maximum absolute atomic E-state index is 13.2. The first-order chi connectivity index (χ1) is 14.1. The van der Waals surface area contributed by atoms with Crippen molar-refractivity contribution in [3.05, 3.63) is 64.9 Å². The number of para-hydroxylation sites is 1. The predicted molar refractivity (Wildman–Crippen MR) is 119 cm³/mol. The van der Waals surface area contributed by atoms with Crippen molar-refractivity contribution in [2.45, 2.75) is 6.42 Å². The zero-order valence-electron chi connectivity index (χ0n) is 16.7. The number of piperazine rings is 1. The normalized spacial score (nSPS) is 19.9. The van der Waals surface area contributed by atoms with Gasteiger partial charge in [-0.1, -0.05) is 29.8 Å². The van der Waals surface area contributed by atoms with E-state index in [1.165, 1.54) is 0 Å². The monoisotopic (exact) mass is 411 g/mol. The van der Waals surface area contributed by atoms with Crippen molar-refractivity contribution in [2.75, 3.05) is 56.2 Å². The van der Waals surface area contributed by atoms with Crippen LogP contribution >= 0.6 is 11.6 Å². The third-order valence-electron chi connectivity index (χ3n) is 5.45. The number of hydrogen-bond acceptors (Lipinski definition) is 4. The minimum atomic E-state index is -0.113. The number of carbonyl (C=O) groups is 1. The summed E-state index contributed by atoms with van der Waals surface area (Å²) in [5.74, 6) is 0.275. The van der Waals surface area contributed by atoms with E-state index in [0.29, 0.717) is 23.9 Å².